The Morgan fingerprint density at radius 1 is 0.971 bits per heavy atom. The van der Waals surface area contributed by atoms with Gasteiger partial charge in [0.2, 0.25) is 0 Å². The van der Waals surface area contributed by atoms with Crippen molar-refractivity contribution in [2.24, 2.45) is 0 Å². The van der Waals surface area contributed by atoms with Gasteiger partial charge in [0.25, 0.3) is 0 Å². The second kappa shape index (κ2) is 9.03. The lowest BCUT2D eigenvalue weighted by atomic mass is 9.78. The zero-order valence-electron chi connectivity index (χ0n) is 19.8. The van der Waals surface area contributed by atoms with Gasteiger partial charge in [0.05, 0.1) is 17.6 Å². The Balaban J connectivity index is 1.25. The fraction of sp³-hybridized carbons (Fsp3) is 0.321. The van der Waals surface area contributed by atoms with Crippen LogP contribution in [0, 0.1) is 6.92 Å². The monoisotopic (exact) mass is 458 g/mol. The topological polar surface area (TPSA) is 65.7 Å². The minimum atomic E-state index is -0.690. The van der Waals surface area contributed by atoms with Crippen LogP contribution in [0.3, 0.4) is 0 Å². The standard InChI is InChI=1S/C28H30N2O4/c1-19-29-24-15-26-27(33-14-13-32-26)16-25(24)30(19)17-22(31)18-34-23-11-9-21(10-12-23)28(2,3)20-7-5-4-6-8-20/h4-12,15-16,22,31H,13-14,17-18H2,1-3H3/t22-/m1/s1. The fourth-order valence-electron chi connectivity index (χ4n) is 4.46. The Hall–Kier alpha value is -3.51. The molecule has 0 radical (unpaired) electrons. The van der Waals surface area contributed by atoms with Gasteiger partial charge in [-0.25, -0.2) is 4.98 Å². The molecule has 4 aromatic rings. The molecule has 0 spiro atoms. The van der Waals surface area contributed by atoms with E-state index in [1.807, 2.05) is 41.8 Å². The van der Waals surface area contributed by atoms with Crippen molar-refractivity contribution in [2.75, 3.05) is 19.8 Å². The summed E-state index contributed by atoms with van der Waals surface area (Å²) in [5, 5.41) is 10.7. The molecule has 176 valence electrons. The molecule has 34 heavy (non-hydrogen) atoms. The van der Waals surface area contributed by atoms with Crippen molar-refractivity contribution in [3.63, 3.8) is 0 Å². The first-order valence-electron chi connectivity index (χ1n) is 11.7. The molecule has 0 saturated carbocycles. The van der Waals surface area contributed by atoms with Crippen molar-refractivity contribution in [1.82, 2.24) is 9.55 Å². The van der Waals surface area contributed by atoms with Gasteiger partial charge in [-0.1, -0.05) is 56.3 Å². The van der Waals surface area contributed by atoms with Gasteiger partial charge in [0.15, 0.2) is 11.5 Å². The lowest BCUT2D eigenvalue weighted by Gasteiger charge is -2.26. The van der Waals surface area contributed by atoms with E-state index in [1.54, 1.807) is 0 Å². The van der Waals surface area contributed by atoms with Crippen molar-refractivity contribution >= 4 is 11.0 Å². The molecule has 0 amide bonds. The first kappa shape index (κ1) is 22.3. The molecule has 6 heteroatoms. The maximum atomic E-state index is 10.7. The summed E-state index contributed by atoms with van der Waals surface area (Å²) in [5.41, 5.74) is 4.11. The Bertz CT molecular complexity index is 1280. The van der Waals surface area contributed by atoms with Crippen LogP contribution in [0.15, 0.2) is 66.7 Å². The number of aliphatic hydroxyl groups is 1. The number of aromatic nitrogens is 2. The molecule has 0 bridgehead atoms. The smallest absolute Gasteiger partial charge is 0.163 e. The maximum Gasteiger partial charge on any atom is 0.163 e. The molecular formula is C28H30N2O4. The van der Waals surface area contributed by atoms with Crippen molar-refractivity contribution in [2.45, 2.75) is 38.8 Å². The summed E-state index contributed by atoms with van der Waals surface area (Å²) in [6.07, 6.45) is -0.690. The van der Waals surface area contributed by atoms with Gasteiger partial charge in [-0.3, -0.25) is 0 Å². The Morgan fingerprint density at radius 3 is 2.32 bits per heavy atom. The van der Waals surface area contributed by atoms with Crippen LogP contribution in [0.2, 0.25) is 0 Å². The molecule has 1 aliphatic heterocycles. The molecule has 0 aliphatic carbocycles. The van der Waals surface area contributed by atoms with E-state index >= 15 is 0 Å². The summed E-state index contributed by atoms with van der Waals surface area (Å²) in [4.78, 5) is 4.63. The van der Waals surface area contributed by atoms with E-state index < -0.39 is 6.10 Å². The number of aryl methyl sites for hydroxylation is 1. The number of rotatable bonds is 7. The predicted molar refractivity (Wildman–Crippen MR) is 132 cm³/mol. The Labute approximate surface area is 199 Å². The van der Waals surface area contributed by atoms with Gasteiger partial charge in [-0.15, -0.1) is 0 Å². The molecular weight excluding hydrogens is 428 g/mol. The van der Waals surface area contributed by atoms with E-state index in [2.05, 4.69) is 55.2 Å². The van der Waals surface area contributed by atoms with Crippen LogP contribution >= 0.6 is 0 Å². The minimum absolute atomic E-state index is 0.104. The number of ether oxygens (including phenoxy) is 3. The zero-order chi connectivity index (χ0) is 23.7. The second-order valence-electron chi connectivity index (χ2n) is 9.23. The molecule has 6 nitrogen and oxygen atoms in total. The molecule has 1 aromatic heterocycles. The average molecular weight is 459 g/mol. The molecule has 5 rings (SSSR count). The van der Waals surface area contributed by atoms with Crippen LogP contribution < -0.4 is 14.2 Å². The van der Waals surface area contributed by atoms with Crippen LogP contribution in [0.4, 0.5) is 0 Å². The lowest BCUT2D eigenvalue weighted by Crippen LogP contribution is -2.24. The summed E-state index contributed by atoms with van der Waals surface area (Å²) in [6.45, 7) is 8.00. The van der Waals surface area contributed by atoms with Crippen LogP contribution in [-0.2, 0) is 12.0 Å². The lowest BCUT2D eigenvalue weighted by molar-refractivity contribution is 0.0929. The van der Waals surface area contributed by atoms with Crippen molar-refractivity contribution in [1.29, 1.82) is 0 Å². The molecule has 3 aromatic carbocycles. The highest BCUT2D eigenvalue weighted by atomic mass is 16.6. The van der Waals surface area contributed by atoms with Gasteiger partial charge in [0.1, 0.15) is 37.5 Å². The van der Waals surface area contributed by atoms with Crippen molar-refractivity contribution in [3.05, 3.63) is 83.7 Å². The third-order valence-corrected chi connectivity index (χ3v) is 6.51. The summed E-state index contributed by atoms with van der Waals surface area (Å²) in [5.74, 6) is 2.98. The van der Waals surface area contributed by atoms with Crippen molar-refractivity contribution < 1.29 is 19.3 Å². The van der Waals surface area contributed by atoms with Crippen LogP contribution in [0.25, 0.3) is 11.0 Å². The van der Waals surface area contributed by atoms with Gasteiger partial charge in [-0.05, 0) is 30.2 Å². The summed E-state index contributed by atoms with van der Waals surface area (Å²) in [6, 6.07) is 22.4. The van der Waals surface area contributed by atoms with Gasteiger partial charge < -0.3 is 23.9 Å². The number of hydrogen-bond acceptors (Lipinski definition) is 5. The summed E-state index contributed by atoms with van der Waals surface area (Å²) < 4.78 is 19.3. The van der Waals surface area contributed by atoms with Crippen LogP contribution in [0.1, 0.15) is 30.8 Å². The van der Waals surface area contributed by atoms with E-state index in [0.29, 0.717) is 31.3 Å². The summed E-state index contributed by atoms with van der Waals surface area (Å²) >= 11 is 0. The van der Waals surface area contributed by atoms with E-state index in [9.17, 15) is 5.11 Å². The Kier molecular flexibility index (Phi) is 5.92. The third-order valence-electron chi connectivity index (χ3n) is 6.51. The predicted octanol–water partition coefficient (Wildman–Crippen LogP) is 4.88. The number of benzene rings is 3. The minimum Gasteiger partial charge on any atom is -0.491 e. The van der Waals surface area contributed by atoms with E-state index in [1.165, 1.54) is 11.1 Å². The van der Waals surface area contributed by atoms with Crippen LogP contribution in [0.5, 0.6) is 17.2 Å². The van der Waals surface area contributed by atoms with E-state index in [0.717, 1.165) is 22.6 Å². The molecule has 0 saturated heterocycles. The quantitative estimate of drug-likeness (QED) is 0.428. The summed E-state index contributed by atoms with van der Waals surface area (Å²) in [7, 11) is 0. The highest BCUT2D eigenvalue weighted by Crippen LogP contribution is 2.35. The molecule has 1 atom stereocenters. The molecule has 1 aliphatic rings. The van der Waals surface area contributed by atoms with Gasteiger partial charge in [0, 0.05) is 17.5 Å². The SMILES string of the molecule is Cc1nc2cc3c(cc2n1C[C@@H](O)COc1ccc(C(C)(C)c2ccccc2)cc1)OCCO3. The molecule has 1 N–H and O–H groups in total. The third kappa shape index (κ3) is 4.33. The van der Waals surface area contributed by atoms with E-state index in [4.69, 9.17) is 14.2 Å². The van der Waals surface area contributed by atoms with Crippen molar-refractivity contribution in [3.8, 4) is 17.2 Å². The average Bonchev–Trinajstić information content (AvgIpc) is 3.15. The van der Waals surface area contributed by atoms with Crippen LogP contribution in [-0.4, -0.2) is 40.6 Å². The molecule has 0 unspecified atom stereocenters. The molecule has 2 heterocycles. The Morgan fingerprint density at radius 2 is 1.62 bits per heavy atom. The normalized spacial score (nSPS) is 14.2. The number of fused-ring (bicyclic) bond motifs is 2. The zero-order valence-corrected chi connectivity index (χ0v) is 19.8. The fourth-order valence-corrected chi connectivity index (χ4v) is 4.46. The number of nitrogens with zero attached hydrogens (tertiary/aromatic N) is 2. The highest BCUT2D eigenvalue weighted by Gasteiger charge is 2.23. The highest BCUT2D eigenvalue weighted by molar-refractivity contribution is 5.80. The number of aliphatic hydroxyl groups excluding tert-OH is 1. The number of hydrogen-bond donors (Lipinski definition) is 1. The first-order chi connectivity index (χ1) is 16.4. The largest absolute Gasteiger partial charge is 0.491 e. The van der Waals surface area contributed by atoms with Gasteiger partial charge in [-0.2, -0.15) is 0 Å². The number of imidazole rings is 1. The first-order valence-corrected chi connectivity index (χ1v) is 11.7. The van der Waals surface area contributed by atoms with Gasteiger partial charge >= 0.3 is 0 Å². The molecule has 0 fully saturated rings. The van der Waals surface area contributed by atoms with E-state index in [-0.39, 0.29) is 12.0 Å². The maximum absolute atomic E-state index is 10.7. The second-order valence-corrected chi connectivity index (χ2v) is 9.23.